The number of hydrogen-bond donors (Lipinski definition) is 0. The highest BCUT2D eigenvalue weighted by molar-refractivity contribution is 5.67. The average Bonchev–Trinajstić information content (AvgIpc) is 2.43. The summed E-state index contributed by atoms with van der Waals surface area (Å²) in [5.41, 5.74) is -0.130. The fraction of sp³-hybridized carbons (Fsp3) is 0.875. The first-order chi connectivity index (χ1) is 5.04. The van der Waals surface area contributed by atoms with Crippen LogP contribution in [0, 0.1) is 0 Å². The molecule has 3 nitrogen and oxygen atoms in total. The lowest BCUT2D eigenvalue weighted by atomic mass is 10.3. The molecule has 1 rings (SSSR count). The van der Waals surface area contributed by atoms with Gasteiger partial charge < -0.3 is 9.64 Å². The molecule has 0 spiro atoms. The normalized spacial score (nSPS) is 20.0. The number of esters is 1. The number of likely N-dealkylation sites (N-methyl/N-ethyl adjacent to an activating group) is 1. The van der Waals surface area contributed by atoms with Crippen LogP contribution in [0.15, 0.2) is 0 Å². The number of nitrogens with zero attached hydrogens (tertiary/aromatic N) is 1. The average molecular weight is 157 g/mol. The Morgan fingerprint density at radius 1 is 1.55 bits per heavy atom. The Kier molecular flexibility index (Phi) is 2.18. The molecule has 0 unspecified atom stereocenters. The Balaban J connectivity index is 2.35. The van der Waals surface area contributed by atoms with Crippen molar-refractivity contribution < 1.29 is 9.53 Å². The summed E-state index contributed by atoms with van der Waals surface area (Å²) in [5.74, 6) is -0.163. The molecular formula is C8H15NO2. The van der Waals surface area contributed by atoms with Crippen LogP contribution in [0.3, 0.4) is 0 Å². The molecule has 0 atom stereocenters. The van der Waals surface area contributed by atoms with Gasteiger partial charge in [-0.15, -0.1) is 0 Å². The number of carbonyl (C=O) groups is 1. The molecule has 11 heavy (non-hydrogen) atoms. The molecule has 0 N–H and O–H groups in total. The van der Waals surface area contributed by atoms with Gasteiger partial charge in [0.15, 0.2) is 0 Å². The third-order valence-corrected chi connectivity index (χ3v) is 1.77. The van der Waals surface area contributed by atoms with Crippen LogP contribution in [-0.4, -0.2) is 37.1 Å². The van der Waals surface area contributed by atoms with Gasteiger partial charge in [-0.2, -0.15) is 0 Å². The van der Waals surface area contributed by atoms with Crippen LogP contribution in [-0.2, 0) is 9.53 Å². The summed E-state index contributed by atoms with van der Waals surface area (Å²) in [6.07, 6.45) is 2.04. The van der Waals surface area contributed by atoms with Crippen molar-refractivity contribution in [2.24, 2.45) is 0 Å². The molecule has 0 aliphatic heterocycles. The van der Waals surface area contributed by atoms with Gasteiger partial charge in [0.1, 0.15) is 5.60 Å². The zero-order valence-corrected chi connectivity index (χ0v) is 7.39. The van der Waals surface area contributed by atoms with Crippen LogP contribution < -0.4 is 0 Å². The smallest absolute Gasteiger partial charge is 0.303 e. The van der Waals surface area contributed by atoms with Crippen molar-refractivity contribution in [2.45, 2.75) is 25.4 Å². The fourth-order valence-corrected chi connectivity index (χ4v) is 1.31. The largest absolute Gasteiger partial charge is 0.458 e. The van der Waals surface area contributed by atoms with Gasteiger partial charge in [0.25, 0.3) is 0 Å². The molecule has 1 aliphatic rings. The van der Waals surface area contributed by atoms with Crippen LogP contribution in [0.5, 0.6) is 0 Å². The Morgan fingerprint density at radius 2 is 2.09 bits per heavy atom. The Morgan fingerprint density at radius 3 is 2.36 bits per heavy atom. The minimum atomic E-state index is -0.163. The van der Waals surface area contributed by atoms with Gasteiger partial charge in [0.2, 0.25) is 0 Å². The van der Waals surface area contributed by atoms with Gasteiger partial charge in [0, 0.05) is 13.5 Å². The molecule has 0 bridgehead atoms. The van der Waals surface area contributed by atoms with Crippen molar-refractivity contribution >= 4 is 5.97 Å². The van der Waals surface area contributed by atoms with Crippen LogP contribution in [0.25, 0.3) is 0 Å². The van der Waals surface area contributed by atoms with E-state index in [1.807, 2.05) is 14.1 Å². The molecule has 1 aliphatic carbocycles. The number of rotatable bonds is 3. The zero-order valence-electron chi connectivity index (χ0n) is 7.39. The van der Waals surface area contributed by atoms with E-state index in [1.165, 1.54) is 6.92 Å². The number of ether oxygens (including phenoxy) is 1. The lowest BCUT2D eigenvalue weighted by Crippen LogP contribution is -2.31. The van der Waals surface area contributed by atoms with Crippen molar-refractivity contribution in [3.05, 3.63) is 0 Å². The molecule has 1 saturated carbocycles. The highest BCUT2D eigenvalue weighted by Gasteiger charge is 2.46. The van der Waals surface area contributed by atoms with Gasteiger partial charge in [-0.3, -0.25) is 4.79 Å². The minimum absolute atomic E-state index is 0.130. The second kappa shape index (κ2) is 2.81. The van der Waals surface area contributed by atoms with E-state index >= 15 is 0 Å². The van der Waals surface area contributed by atoms with Crippen molar-refractivity contribution in [3.8, 4) is 0 Å². The molecule has 0 saturated heterocycles. The lowest BCUT2D eigenvalue weighted by Gasteiger charge is -2.19. The van der Waals surface area contributed by atoms with Gasteiger partial charge in [0.05, 0.1) is 0 Å². The summed E-state index contributed by atoms with van der Waals surface area (Å²) in [5, 5.41) is 0. The molecule has 0 aromatic heterocycles. The molecule has 1 fully saturated rings. The SMILES string of the molecule is CC(=O)OC1(CN(C)C)CC1. The van der Waals surface area contributed by atoms with Crippen LogP contribution in [0.2, 0.25) is 0 Å². The second-order valence-corrected chi connectivity index (χ2v) is 3.51. The van der Waals surface area contributed by atoms with E-state index in [-0.39, 0.29) is 11.6 Å². The molecule has 0 aromatic carbocycles. The van der Waals surface area contributed by atoms with E-state index in [0.717, 1.165) is 19.4 Å². The first-order valence-corrected chi connectivity index (χ1v) is 3.88. The Bertz CT molecular complexity index is 161. The van der Waals surface area contributed by atoms with Gasteiger partial charge in [-0.05, 0) is 26.9 Å². The first kappa shape index (κ1) is 8.53. The van der Waals surface area contributed by atoms with Crippen LogP contribution in [0.4, 0.5) is 0 Å². The summed E-state index contributed by atoms with van der Waals surface area (Å²) < 4.78 is 5.18. The summed E-state index contributed by atoms with van der Waals surface area (Å²) >= 11 is 0. The summed E-state index contributed by atoms with van der Waals surface area (Å²) in [6, 6.07) is 0. The van der Waals surface area contributed by atoms with E-state index in [1.54, 1.807) is 0 Å². The van der Waals surface area contributed by atoms with Gasteiger partial charge in [-0.25, -0.2) is 0 Å². The molecule has 3 heteroatoms. The molecule has 0 heterocycles. The maximum Gasteiger partial charge on any atom is 0.303 e. The summed E-state index contributed by atoms with van der Waals surface area (Å²) in [4.78, 5) is 12.7. The second-order valence-electron chi connectivity index (χ2n) is 3.51. The Hall–Kier alpha value is -0.570. The van der Waals surface area contributed by atoms with E-state index in [9.17, 15) is 4.79 Å². The highest BCUT2D eigenvalue weighted by atomic mass is 16.6. The maximum atomic E-state index is 10.6. The van der Waals surface area contributed by atoms with Crippen molar-refractivity contribution in [1.82, 2.24) is 4.90 Å². The van der Waals surface area contributed by atoms with E-state index in [4.69, 9.17) is 4.74 Å². The summed E-state index contributed by atoms with van der Waals surface area (Å²) in [7, 11) is 3.98. The van der Waals surface area contributed by atoms with Crippen molar-refractivity contribution in [3.63, 3.8) is 0 Å². The quantitative estimate of drug-likeness (QED) is 0.563. The number of carbonyl (C=O) groups excluding carboxylic acids is 1. The van der Waals surface area contributed by atoms with Gasteiger partial charge in [-0.1, -0.05) is 0 Å². The van der Waals surface area contributed by atoms with E-state index in [2.05, 4.69) is 4.90 Å². The predicted octanol–water partition coefficient (Wildman–Crippen LogP) is 0.644. The van der Waals surface area contributed by atoms with Crippen LogP contribution in [0.1, 0.15) is 19.8 Å². The minimum Gasteiger partial charge on any atom is -0.458 e. The predicted molar refractivity (Wildman–Crippen MR) is 42.3 cm³/mol. The van der Waals surface area contributed by atoms with Gasteiger partial charge >= 0.3 is 5.97 Å². The molecule has 0 aromatic rings. The first-order valence-electron chi connectivity index (χ1n) is 3.88. The molecule has 0 radical (unpaired) electrons. The maximum absolute atomic E-state index is 10.6. The highest BCUT2D eigenvalue weighted by Crippen LogP contribution is 2.39. The van der Waals surface area contributed by atoms with E-state index < -0.39 is 0 Å². The number of hydrogen-bond acceptors (Lipinski definition) is 3. The molecule has 0 amide bonds. The topological polar surface area (TPSA) is 29.5 Å². The summed E-state index contributed by atoms with van der Waals surface area (Å²) in [6.45, 7) is 2.32. The molecular weight excluding hydrogens is 142 g/mol. The monoisotopic (exact) mass is 157 g/mol. The Labute approximate surface area is 67.3 Å². The van der Waals surface area contributed by atoms with E-state index in [0.29, 0.717) is 0 Å². The van der Waals surface area contributed by atoms with Crippen molar-refractivity contribution in [2.75, 3.05) is 20.6 Å². The zero-order chi connectivity index (χ0) is 8.48. The van der Waals surface area contributed by atoms with Crippen molar-refractivity contribution in [1.29, 1.82) is 0 Å². The standard InChI is InChI=1S/C8H15NO2/c1-7(10)11-8(4-5-8)6-9(2)3/h4-6H2,1-3H3. The third kappa shape index (κ3) is 2.50. The molecule has 64 valence electrons. The third-order valence-electron chi connectivity index (χ3n) is 1.77. The lowest BCUT2D eigenvalue weighted by molar-refractivity contribution is -0.149. The van der Waals surface area contributed by atoms with Crippen LogP contribution >= 0.6 is 0 Å². The fourth-order valence-electron chi connectivity index (χ4n) is 1.31.